The smallest absolute Gasteiger partial charge is 0.245 e. The highest BCUT2D eigenvalue weighted by molar-refractivity contribution is 5.88. The Hall–Kier alpha value is -1.88. The van der Waals surface area contributed by atoms with Crippen LogP contribution in [0.3, 0.4) is 0 Å². The molecule has 0 spiro atoms. The van der Waals surface area contributed by atoms with Crippen LogP contribution < -0.4 is 11.1 Å². The van der Waals surface area contributed by atoms with Gasteiger partial charge in [-0.05, 0) is 24.8 Å². The van der Waals surface area contributed by atoms with E-state index in [9.17, 15) is 9.59 Å². The first kappa shape index (κ1) is 17.5. The topological polar surface area (TPSA) is 75.4 Å². The quantitative estimate of drug-likeness (QED) is 0.834. The molecule has 0 radical (unpaired) electrons. The minimum absolute atomic E-state index is 0.0279. The van der Waals surface area contributed by atoms with Crippen molar-refractivity contribution < 1.29 is 9.59 Å². The van der Waals surface area contributed by atoms with E-state index in [0.717, 1.165) is 24.8 Å². The summed E-state index contributed by atoms with van der Waals surface area (Å²) in [6.45, 7) is 3.40. The fourth-order valence-corrected chi connectivity index (χ4v) is 2.91. The first-order valence-corrected chi connectivity index (χ1v) is 8.47. The maximum atomic E-state index is 12.7. The lowest BCUT2D eigenvalue weighted by atomic mass is 10.0. The number of hydrogen-bond acceptors (Lipinski definition) is 3. The van der Waals surface area contributed by atoms with E-state index in [2.05, 4.69) is 5.32 Å². The van der Waals surface area contributed by atoms with Gasteiger partial charge in [-0.2, -0.15) is 0 Å². The highest BCUT2D eigenvalue weighted by Gasteiger charge is 2.27. The molecule has 126 valence electrons. The number of nitrogens with two attached hydrogens (primary N) is 1. The summed E-state index contributed by atoms with van der Waals surface area (Å²) in [5, 5.41) is 2.91. The van der Waals surface area contributed by atoms with E-state index in [1.165, 1.54) is 0 Å². The summed E-state index contributed by atoms with van der Waals surface area (Å²) in [7, 11) is 0. The van der Waals surface area contributed by atoms with E-state index in [0.29, 0.717) is 25.9 Å². The van der Waals surface area contributed by atoms with Gasteiger partial charge in [0, 0.05) is 19.1 Å². The van der Waals surface area contributed by atoms with Crippen molar-refractivity contribution in [3.8, 4) is 0 Å². The molecule has 1 heterocycles. The number of benzene rings is 1. The first-order valence-electron chi connectivity index (χ1n) is 8.47. The number of amides is 2. The third-order valence-corrected chi connectivity index (χ3v) is 4.27. The van der Waals surface area contributed by atoms with Crippen LogP contribution in [0.5, 0.6) is 0 Å². The van der Waals surface area contributed by atoms with Crippen LogP contribution in [0.25, 0.3) is 0 Å². The third-order valence-electron chi connectivity index (χ3n) is 4.27. The number of rotatable bonds is 6. The molecule has 5 heteroatoms. The van der Waals surface area contributed by atoms with Gasteiger partial charge < -0.3 is 16.0 Å². The van der Waals surface area contributed by atoms with Crippen LogP contribution in [0.2, 0.25) is 0 Å². The number of hydrogen-bond donors (Lipinski definition) is 2. The van der Waals surface area contributed by atoms with Crippen molar-refractivity contribution in [2.24, 2.45) is 5.73 Å². The molecule has 1 aromatic rings. The van der Waals surface area contributed by atoms with Crippen LogP contribution in [0, 0.1) is 0 Å². The molecule has 0 aliphatic carbocycles. The Labute approximate surface area is 138 Å². The third kappa shape index (κ3) is 5.36. The highest BCUT2D eigenvalue weighted by Crippen LogP contribution is 2.12. The van der Waals surface area contributed by atoms with E-state index < -0.39 is 6.04 Å². The van der Waals surface area contributed by atoms with Gasteiger partial charge in [0.2, 0.25) is 11.8 Å². The van der Waals surface area contributed by atoms with Gasteiger partial charge in [-0.3, -0.25) is 9.59 Å². The van der Waals surface area contributed by atoms with Crippen molar-refractivity contribution >= 4 is 11.8 Å². The maximum absolute atomic E-state index is 12.7. The average molecular weight is 317 g/mol. The molecule has 2 amide bonds. The first-order chi connectivity index (χ1) is 11.1. The largest absolute Gasteiger partial charge is 0.344 e. The number of piperidine rings is 1. The second kappa shape index (κ2) is 8.67. The lowest BCUT2D eigenvalue weighted by molar-refractivity contribution is -0.137. The predicted molar refractivity (Wildman–Crippen MR) is 90.8 cm³/mol. The van der Waals surface area contributed by atoms with E-state index in [-0.39, 0.29) is 17.9 Å². The second-order valence-electron chi connectivity index (χ2n) is 6.23. The normalized spacial score (nSPS) is 16.9. The zero-order valence-corrected chi connectivity index (χ0v) is 13.8. The fraction of sp³-hybridized carbons (Fsp3) is 0.556. The molecule has 1 aliphatic heterocycles. The van der Waals surface area contributed by atoms with E-state index >= 15 is 0 Å². The Kier molecular flexibility index (Phi) is 6.59. The summed E-state index contributed by atoms with van der Waals surface area (Å²) < 4.78 is 0. The van der Waals surface area contributed by atoms with Crippen LogP contribution in [0.1, 0.15) is 38.2 Å². The number of carbonyl (C=O) groups is 2. The maximum Gasteiger partial charge on any atom is 0.245 e. The SMILES string of the molecule is CCCC(NC(=O)Cc1ccccc1)C(=O)N1CCC(N)CC1. The molecule has 23 heavy (non-hydrogen) atoms. The van der Waals surface area contributed by atoms with Gasteiger partial charge in [-0.15, -0.1) is 0 Å². The molecule has 3 N–H and O–H groups in total. The summed E-state index contributed by atoms with van der Waals surface area (Å²) in [5.41, 5.74) is 6.85. The van der Waals surface area contributed by atoms with E-state index in [1.807, 2.05) is 42.2 Å². The van der Waals surface area contributed by atoms with Crippen molar-refractivity contribution in [2.75, 3.05) is 13.1 Å². The average Bonchev–Trinajstić information content (AvgIpc) is 2.55. The van der Waals surface area contributed by atoms with Crippen LogP contribution in [-0.4, -0.2) is 41.9 Å². The number of nitrogens with one attached hydrogen (secondary N) is 1. The van der Waals surface area contributed by atoms with Gasteiger partial charge >= 0.3 is 0 Å². The molecule has 0 aromatic heterocycles. The number of likely N-dealkylation sites (tertiary alicyclic amines) is 1. The molecule has 1 fully saturated rings. The predicted octanol–water partition coefficient (Wildman–Crippen LogP) is 1.46. The summed E-state index contributed by atoms with van der Waals surface area (Å²) >= 11 is 0. The van der Waals surface area contributed by atoms with E-state index in [4.69, 9.17) is 5.73 Å². The lowest BCUT2D eigenvalue weighted by Crippen LogP contribution is -2.52. The Morgan fingerprint density at radius 3 is 2.52 bits per heavy atom. The fourth-order valence-electron chi connectivity index (χ4n) is 2.91. The van der Waals surface area contributed by atoms with Gasteiger partial charge in [0.15, 0.2) is 0 Å². The monoisotopic (exact) mass is 317 g/mol. The van der Waals surface area contributed by atoms with Crippen LogP contribution >= 0.6 is 0 Å². The number of nitrogens with zero attached hydrogens (tertiary/aromatic N) is 1. The van der Waals surface area contributed by atoms with Crippen LogP contribution in [-0.2, 0) is 16.0 Å². The summed E-state index contributed by atoms with van der Waals surface area (Å²) in [4.78, 5) is 26.7. The molecular weight excluding hydrogens is 290 g/mol. The van der Waals surface area contributed by atoms with Gasteiger partial charge in [0.25, 0.3) is 0 Å². The van der Waals surface area contributed by atoms with Crippen LogP contribution in [0.15, 0.2) is 30.3 Å². The van der Waals surface area contributed by atoms with Crippen molar-refractivity contribution in [2.45, 2.75) is 51.1 Å². The molecule has 0 bridgehead atoms. The minimum atomic E-state index is -0.425. The summed E-state index contributed by atoms with van der Waals surface area (Å²) in [6.07, 6.45) is 3.50. The molecule has 5 nitrogen and oxygen atoms in total. The van der Waals surface area contributed by atoms with Gasteiger partial charge in [-0.25, -0.2) is 0 Å². The van der Waals surface area contributed by atoms with E-state index in [1.54, 1.807) is 0 Å². The molecule has 1 aromatic carbocycles. The Morgan fingerprint density at radius 2 is 1.91 bits per heavy atom. The van der Waals surface area contributed by atoms with Crippen LogP contribution in [0.4, 0.5) is 0 Å². The van der Waals surface area contributed by atoms with Crippen molar-refractivity contribution in [1.29, 1.82) is 0 Å². The van der Waals surface area contributed by atoms with Gasteiger partial charge in [0.05, 0.1) is 6.42 Å². The lowest BCUT2D eigenvalue weighted by Gasteiger charge is -2.33. The molecule has 1 aliphatic rings. The summed E-state index contributed by atoms with van der Waals surface area (Å²) in [6, 6.07) is 9.35. The van der Waals surface area contributed by atoms with Crippen molar-refractivity contribution in [3.63, 3.8) is 0 Å². The minimum Gasteiger partial charge on any atom is -0.344 e. The number of carbonyl (C=O) groups excluding carboxylic acids is 2. The Balaban J connectivity index is 1.92. The zero-order valence-electron chi connectivity index (χ0n) is 13.8. The van der Waals surface area contributed by atoms with Gasteiger partial charge in [-0.1, -0.05) is 43.7 Å². The Bertz CT molecular complexity index is 510. The summed E-state index contributed by atoms with van der Waals surface area (Å²) in [5.74, 6) is -0.0723. The Morgan fingerprint density at radius 1 is 1.26 bits per heavy atom. The van der Waals surface area contributed by atoms with Crippen molar-refractivity contribution in [1.82, 2.24) is 10.2 Å². The zero-order chi connectivity index (χ0) is 16.7. The molecule has 1 saturated heterocycles. The molecule has 1 unspecified atom stereocenters. The van der Waals surface area contributed by atoms with Crippen molar-refractivity contribution in [3.05, 3.63) is 35.9 Å². The van der Waals surface area contributed by atoms with Gasteiger partial charge in [0.1, 0.15) is 6.04 Å². The standard InChI is InChI=1S/C18H27N3O2/c1-2-6-16(18(23)21-11-9-15(19)10-12-21)20-17(22)13-14-7-4-3-5-8-14/h3-5,7-8,15-16H,2,6,9-13,19H2,1H3,(H,20,22). The highest BCUT2D eigenvalue weighted by atomic mass is 16.2. The molecule has 0 saturated carbocycles. The second-order valence-corrected chi connectivity index (χ2v) is 6.23. The molecule has 1 atom stereocenters. The molecule has 2 rings (SSSR count). The molecular formula is C18H27N3O2.